The van der Waals surface area contributed by atoms with E-state index in [1.165, 1.54) is 0 Å². The predicted molar refractivity (Wildman–Crippen MR) is 108 cm³/mol. The third-order valence-corrected chi connectivity index (χ3v) is 3.57. The van der Waals surface area contributed by atoms with Gasteiger partial charge in [0, 0.05) is 25.2 Å². The number of benzene rings is 1. The number of ether oxygens (including phenoxy) is 1. The summed E-state index contributed by atoms with van der Waals surface area (Å²) in [6.45, 7) is 6.13. The summed E-state index contributed by atoms with van der Waals surface area (Å²) in [6.07, 6.45) is 2.77. The fourth-order valence-corrected chi connectivity index (χ4v) is 2.47. The van der Waals surface area contributed by atoms with Crippen LogP contribution in [-0.4, -0.2) is 42.5 Å². The van der Waals surface area contributed by atoms with E-state index in [9.17, 15) is 4.79 Å². The van der Waals surface area contributed by atoms with Crippen molar-refractivity contribution in [3.05, 3.63) is 24.3 Å². The van der Waals surface area contributed by atoms with Crippen molar-refractivity contribution in [1.29, 1.82) is 0 Å². The number of carbonyl (C=O) groups is 1. The number of hydrogen-bond acceptors (Lipinski definition) is 3. The minimum atomic E-state index is 0. The van der Waals surface area contributed by atoms with Crippen LogP contribution in [0, 0.1) is 0 Å². The van der Waals surface area contributed by atoms with Gasteiger partial charge in [-0.1, -0.05) is 0 Å². The second-order valence-corrected chi connectivity index (χ2v) is 5.92. The Morgan fingerprint density at radius 1 is 1.29 bits per heavy atom. The maximum Gasteiger partial charge on any atom is 0.224 e. The van der Waals surface area contributed by atoms with Gasteiger partial charge < -0.3 is 20.7 Å². The fraction of sp³-hybridized carbons (Fsp3) is 0.529. The topological polar surface area (TPSA) is 80.0 Å². The van der Waals surface area contributed by atoms with E-state index in [-0.39, 0.29) is 36.0 Å². The molecule has 1 fully saturated rings. The molecule has 1 aliphatic rings. The van der Waals surface area contributed by atoms with Gasteiger partial charge in [-0.25, -0.2) is 0 Å². The van der Waals surface area contributed by atoms with Crippen LogP contribution in [-0.2, 0) is 4.79 Å². The maximum absolute atomic E-state index is 11.9. The van der Waals surface area contributed by atoms with Crippen molar-refractivity contribution < 1.29 is 9.53 Å². The summed E-state index contributed by atoms with van der Waals surface area (Å²) in [7, 11) is 0. The highest BCUT2D eigenvalue weighted by molar-refractivity contribution is 14.0. The first-order valence-corrected chi connectivity index (χ1v) is 8.16. The highest BCUT2D eigenvalue weighted by Crippen LogP contribution is 2.16. The lowest BCUT2D eigenvalue weighted by atomic mass is 10.3. The molecule has 1 aromatic rings. The second kappa shape index (κ2) is 10.4. The van der Waals surface area contributed by atoms with E-state index in [0.29, 0.717) is 18.9 Å². The molecule has 0 aromatic heterocycles. The molecule has 1 saturated heterocycles. The van der Waals surface area contributed by atoms with Gasteiger partial charge >= 0.3 is 0 Å². The van der Waals surface area contributed by atoms with Crippen LogP contribution in [0.15, 0.2) is 29.3 Å². The summed E-state index contributed by atoms with van der Waals surface area (Å²) >= 11 is 0. The van der Waals surface area contributed by atoms with Crippen LogP contribution < -0.4 is 15.8 Å². The van der Waals surface area contributed by atoms with Gasteiger partial charge in [-0.05, 0) is 51.0 Å². The molecule has 7 heteroatoms. The Morgan fingerprint density at radius 2 is 1.92 bits per heavy atom. The summed E-state index contributed by atoms with van der Waals surface area (Å²) in [5.41, 5.74) is 6.69. The van der Waals surface area contributed by atoms with Gasteiger partial charge in [0.15, 0.2) is 5.96 Å². The van der Waals surface area contributed by atoms with E-state index in [1.54, 1.807) is 0 Å². The Kier molecular flexibility index (Phi) is 8.88. The molecule has 0 radical (unpaired) electrons. The number of guanidine groups is 1. The lowest BCUT2D eigenvalue weighted by Gasteiger charge is -2.14. The molecule has 0 unspecified atom stereocenters. The van der Waals surface area contributed by atoms with Crippen molar-refractivity contribution in [3.63, 3.8) is 0 Å². The highest BCUT2D eigenvalue weighted by atomic mass is 127. The number of carbonyl (C=O) groups excluding carboxylic acids is 1. The number of nitrogens with two attached hydrogens (primary N) is 1. The Labute approximate surface area is 160 Å². The Bertz CT molecular complexity index is 540. The van der Waals surface area contributed by atoms with Crippen molar-refractivity contribution in [2.24, 2.45) is 10.7 Å². The lowest BCUT2D eigenvalue weighted by Crippen LogP contribution is -2.28. The van der Waals surface area contributed by atoms with E-state index in [0.717, 1.165) is 37.4 Å². The summed E-state index contributed by atoms with van der Waals surface area (Å²) in [6, 6.07) is 7.53. The van der Waals surface area contributed by atoms with Gasteiger partial charge in [-0.2, -0.15) is 0 Å². The molecule has 1 amide bonds. The summed E-state index contributed by atoms with van der Waals surface area (Å²) < 4.78 is 5.58. The standard InChI is InChI=1S/C17H26N4O2.HI/c1-13(2)23-15-7-5-14(6-8-15)20-17(18)19-10-9-16(22)21-11-3-4-12-21;/h5-8,13H,3-4,9-12H2,1-2H3,(H3,18,19,20);1H. The molecule has 0 bridgehead atoms. The number of halogens is 1. The molecule has 0 spiro atoms. The number of nitrogens with zero attached hydrogens (tertiary/aromatic N) is 2. The number of rotatable bonds is 6. The van der Waals surface area contributed by atoms with Crippen molar-refractivity contribution >= 4 is 41.5 Å². The van der Waals surface area contributed by atoms with E-state index < -0.39 is 0 Å². The zero-order valence-corrected chi connectivity index (χ0v) is 16.7. The SMILES string of the molecule is CC(C)Oc1ccc(NC(N)=NCCC(=O)N2CCCC2)cc1.I. The summed E-state index contributed by atoms with van der Waals surface area (Å²) in [4.78, 5) is 18.0. The first kappa shape index (κ1) is 20.5. The second-order valence-electron chi connectivity index (χ2n) is 5.92. The van der Waals surface area contributed by atoms with Crippen LogP contribution in [0.2, 0.25) is 0 Å². The zero-order valence-electron chi connectivity index (χ0n) is 14.3. The first-order chi connectivity index (χ1) is 11.0. The number of likely N-dealkylation sites (tertiary alicyclic amines) is 1. The van der Waals surface area contributed by atoms with Gasteiger partial charge in [0.2, 0.25) is 5.91 Å². The van der Waals surface area contributed by atoms with Crippen LogP contribution in [0.5, 0.6) is 5.75 Å². The molecule has 1 aliphatic heterocycles. The highest BCUT2D eigenvalue weighted by Gasteiger charge is 2.16. The largest absolute Gasteiger partial charge is 0.491 e. The molecule has 0 saturated carbocycles. The summed E-state index contributed by atoms with van der Waals surface area (Å²) in [5, 5.41) is 3.01. The Morgan fingerprint density at radius 3 is 2.50 bits per heavy atom. The van der Waals surface area contributed by atoms with E-state index >= 15 is 0 Å². The number of hydrogen-bond donors (Lipinski definition) is 2. The quantitative estimate of drug-likeness (QED) is 0.400. The molecule has 1 aromatic carbocycles. The molecule has 1 heterocycles. The minimum absolute atomic E-state index is 0. The summed E-state index contributed by atoms with van der Waals surface area (Å²) in [5.74, 6) is 1.29. The van der Waals surface area contributed by atoms with E-state index in [4.69, 9.17) is 10.5 Å². The van der Waals surface area contributed by atoms with E-state index in [1.807, 2.05) is 43.0 Å². The first-order valence-electron chi connectivity index (χ1n) is 8.16. The minimum Gasteiger partial charge on any atom is -0.491 e. The number of aliphatic imine (C=N–C) groups is 1. The van der Waals surface area contributed by atoms with Gasteiger partial charge in [-0.3, -0.25) is 9.79 Å². The van der Waals surface area contributed by atoms with Crippen molar-refractivity contribution in [2.45, 2.75) is 39.2 Å². The van der Waals surface area contributed by atoms with Crippen molar-refractivity contribution in [3.8, 4) is 5.75 Å². The van der Waals surface area contributed by atoms with Crippen LogP contribution in [0.1, 0.15) is 33.1 Å². The molecule has 6 nitrogen and oxygen atoms in total. The van der Waals surface area contributed by atoms with Gasteiger partial charge in [0.1, 0.15) is 5.75 Å². The van der Waals surface area contributed by atoms with Gasteiger partial charge in [-0.15, -0.1) is 24.0 Å². The average Bonchev–Trinajstić information content (AvgIpc) is 3.03. The Hall–Kier alpha value is -1.51. The molecular formula is C17H27IN4O2. The zero-order chi connectivity index (χ0) is 16.7. The molecule has 0 atom stereocenters. The third kappa shape index (κ3) is 6.94. The van der Waals surface area contributed by atoms with Gasteiger partial charge in [0.25, 0.3) is 0 Å². The molecule has 24 heavy (non-hydrogen) atoms. The molecule has 134 valence electrons. The van der Waals surface area contributed by atoms with Crippen LogP contribution in [0.25, 0.3) is 0 Å². The number of anilines is 1. The third-order valence-electron chi connectivity index (χ3n) is 3.57. The average molecular weight is 446 g/mol. The lowest BCUT2D eigenvalue weighted by molar-refractivity contribution is -0.129. The predicted octanol–water partition coefficient (Wildman–Crippen LogP) is 2.83. The fourth-order valence-electron chi connectivity index (χ4n) is 2.47. The monoisotopic (exact) mass is 446 g/mol. The van der Waals surface area contributed by atoms with Crippen molar-refractivity contribution in [2.75, 3.05) is 25.0 Å². The molecule has 0 aliphatic carbocycles. The molecule has 3 N–H and O–H groups in total. The molecular weight excluding hydrogens is 419 g/mol. The smallest absolute Gasteiger partial charge is 0.224 e. The normalized spacial score (nSPS) is 14.5. The van der Waals surface area contributed by atoms with Gasteiger partial charge in [0.05, 0.1) is 12.6 Å². The van der Waals surface area contributed by atoms with Crippen LogP contribution >= 0.6 is 24.0 Å². The van der Waals surface area contributed by atoms with E-state index in [2.05, 4.69) is 10.3 Å². The number of nitrogens with one attached hydrogen (secondary N) is 1. The maximum atomic E-state index is 11.9. The molecule has 2 rings (SSSR count). The van der Waals surface area contributed by atoms with Crippen molar-refractivity contribution in [1.82, 2.24) is 4.90 Å². The van der Waals surface area contributed by atoms with Crippen LogP contribution in [0.4, 0.5) is 5.69 Å². The Balaban J connectivity index is 0.00000288. The van der Waals surface area contributed by atoms with Crippen LogP contribution in [0.3, 0.4) is 0 Å². The number of amides is 1.